The molecule has 2 atom stereocenters. The lowest BCUT2D eigenvalue weighted by Gasteiger charge is -2.34. The molecule has 1 saturated heterocycles. The van der Waals surface area contributed by atoms with Gasteiger partial charge in [-0.2, -0.15) is 0 Å². The molecular formula is C16H32N2O2S. The van der Waals surface area contributed by atoms with Crippen LogP contribution in [-0.2, 0) is 9.84 Å². The molecular weight excluding hydrogens is 284 g/mol. The van der Waals surface area contributed by atoms with Gasteiger partial charge in [-0.05, 0) is 50.1 Å². The minimum atomic E-state index is -2.83. The van der Waals surface area contributed by atoms with Gasteiger partial charge >= 0.3 is 0 Å². The molecule has 2 unspecified atom stereocenters. The van der Waals surface area contributed by atoms with Crippen LogP contribution < -0.4 is 5.32 Å². The van der Waals surface area contributed by atoms with Crippen LogP contribution in [0.2, 0.25) is 0 Å². The number of likely N-dealkylation sites (tertiary alicyclic amines) is 1. The zero-order chi connectivity index (χ0) is 15.7. The Morgan fingerprint density at radius 1 is 1.19 bits per heavy atom. The number of nitrogens with zero attached hydrogens (tertiary/aromatic N) is 1. The Balaban J connectivity index is 1.72. The largest absolute Gasteiger partial charge is 0.311 e. The fourth-order valence-corrected chi connectivity index (χ4v) is 4.63. The molecule has 0 amide bonds. The van der Waals surface area contributed by atoms with Gasteiger partial charge in [-0.1, -0.05) is 20.8 Å². The lowest BCUT2D eigenvalue weighted by Crippen LogP contribution is -2.47. The van der Waals surface area contributed by atoms with E-state index >= 15 is 0 Å². The molecule has 4 nitrogen and oxygen atoms in total. The standard InChI is InChI=1S/C16H32N2O2S/c1-13-11-16(2,3)12-15(13)17-14-5-7-18(8-6-14)9-10-21(4,19)20/h13-15,17H,5-12H2,1-4H3. The molecule has 0 spiro atoms. The van der Waals surface area contributed by atoms with Crippen LogP contribution in [0.25, 0.3) is 0 Å². The average Bonchev–Trinajstić information content (AvgIpc) is 2.60. The van der Waals surface area contributed by atoms with E-state index in [1.165, 1.54) is 19.1 Å². The van der Waals surface area contributed by atoms with E-state index in [9.17, 15) is 8.42 Å². The maximum atomic E-state index is 11.2. The Hall–Kier alpha value is -0.130. The lowest BCUT2D eigenvalue weighted by molar-refractivity contribution is 0.193. The van der Waals surface area contributed by atoms with Gasteiger partial charge in [0.2, 0.25) is 0 Å². The van der Waals surface area contributed by atoms with Gasteiger partial charge in [0.15, 0.2) is 0 Å². The highest BCUT2D eigenvalue weighted by Crippen LogP contribution is 2.41. The Labute approximate surface area is 130 Å². The van der Waals surface area contributed by atoms with Crippen LogP contribution in [-0.4, -0.2) is 57.0 Å². The fourth-order valence-electron chi connectivity index (χ4n) is 4.04. The second-order valence-electron chi connectivity index (χ2n) is 8.07. The van der Waals surface area contributed by atoms with Crippen molar-refractivity contribution in [2.75, 3.05) is 31.6 Å². The molecule has 0 radical (unpaired) electrons. The summed E-state index contributed by atoms with van der Waals surface area (Å²) in [5.74, 6) is 1.06. The van der Waals surface area contributed by atoms with E-state index in [1.54, 1.807) is 0 Å². The van der Waals surface area contributed by atoms with Crippen molar-refractivity contribution in [3.05, 3.63) is 0 Å². The van der Waals surface area contributed by atoms with E-state index in [-0.39, 0.29) is 0 Å². The topological polar surface area (TPSA) is 49.4 Å². The highest BCUT2D eigenvalue weighted by atomic mass is 32.2. The van der Waals surface area contributed by atoms with Crippen LogP contribution in [0.4, 0.5) is 0 Å². The van der Waals surface area contributed by atoms with Crippen molar-refractivity contribution < 1.29 is 8.42 Å². The summed E-state index contributed by atoms with van der Waals surface area (Å²) in [5, 5.41) is 3.87. The molecule has 0 aromatic heterocycles. The number of hydrogen-bond donors (Lipinski definition) is 1. The monoisotopic (exact) mass is 316 g/mol. The summed E-state index contributed by atoms with van der Waals surface area (Å²) in [7, 11) is -2.83. The molecule has 1 heterocycles. The molecule has 5 heteroatoms. The molecule has 0 aromatic carbocycles. The Kier molecular flexibility index (Phi) is 5.37. The Bertz CT molecular complexity index is 439. The highest BCUT2D eigenvalue weighted by molar-refractivity contribution is 7.90. The van der Waals surface area contributed by atoms with Gasteiger partial charge in [-0.15, -0.1) is 0 Å². The van der Waals surface area contributed by atoms with Crippen molar-refractivity contribution in [2.24, 2.45) is 11.3 Å². The van der Waals surface area contributed by atoms with E-state index in [0.717, 1.165) is 31.8 Å². The van der Waals surface area contributed by atoms with Crippen molar-refractivity contribution in [3.63, 3.8) is 0 Å². The van der Waals surface area contributed by atoms with Crippen LogP contribution >= 0.6 is 0 Å². The van der Waals surface area contributed by atoms with Gasteiger partial charge < -0.3 is 10.2 Å². The molecule has 1 aliphatic heterocycles. The van der Waals surface area contributed by atoms with Crippen LogP contribution in [0.15, 0.2) is 0 Å². The van der Waals surface area contributed by atoms with Crippen molar-refractivity contribution in [2.45, 2.75) is 58.5 Å². The lowest BCUT2D eigenvalue weighted by atomic mass is 9.91. The number of hydrogen-bond acceptors (Lipinski definition) is 4. The van der Waals surface area contributed by atoms with Crippen molar-refractivity contribution >= 4 is 9.84 Å². The number of sulfone groups is 1. The molecule has 2 rings (SSSR count). The van der Waals surface area contributed by atoms with Crippen molar-refractivity contribution in [1.82, 2.24) is 10.2 Å². The third-order valence-corrected chi connectivity index (χ3v) is 6.07. The van der Waals surface area contributed by atoms with Gasteiger partial charge in [0.1, 0.15) is 9.84 Å². The van der Waals surface area contributed by atoms with E-state index in [1.807, 2.05) is 0 Å². The van der Waals surface area contributed by atoms with Crippen LogP contribution in [0.1, 0.15) is 46.5 Å². The summed E-state index contributed by atoms with van der Waals surface area (Å²) in [6.07, 6.45) is 6.21. The van der Waals surface area contributed by atoms with Gasteiger partial charge in [0, 0.05) is 24.9 Å². The van der Waals surface area contributed by atoms with Gasteiger partial charge in [-0.25, -0.2) is 8.42 Å². The predicted molar refractivity (Wildman–Crippen MR) is 88.3 cm³/mol. The molecule has 2 aliphatic rings. The van der Waals surface area contributed by atoms with Crippen molar-refractivity contribution in [1.29, 1.82) is 0 Å². The predicted octanol–water partition coefficient (Wildman–Crippen LogP) is 1.91. The zero-order valence-electron chi connectivity index (χ0n) is 14.1. The third-order valence-electron chi connectivity index (χ3n) is 5.15. The second kappa shape index (κ2) is 6.55. The normalized spacial score (nSPS) is 31.6. The fraction of sp³-hybridized carbons (Fsp3) is 1.00. The Morgan fingerprint density at radius 3 is 2.29 bits per heavy atom. The molecule has 2 fully saturated rings. The van der Waals surface area contributed by atoms with E-state index in [0.29, 0.717) is 29.8 Å². The first-order valence-corrected chi connectivity index (χ1v) is 10.4. The van der Waals surface area contributed by atoms with Gasteiger partial charge in [0.25, 0.3) is 0 Å². The number of piperidine rings is 1. The molecule has 1 aliphatic carbocycles. The molecule has 21 heavy (non-hydrogen) atoms. The summed E-state index contributed by atoms with van der Waals surface area (Å²) >= 11 is 0. The van der Waals surface area contributed by atoms with Crippen LogP contribution in [0.5, 0.6) is 0 Å². The first-order chi connectivity index (χ1) is 9.65. The maximum absolute atomic E-state index is 11.2. The van der Waals surface area contributed by atoms with Crippen molar-refractivity contribution in [3.8, 4) is 0 Å². The maximum Gasteiger partial charge on any atom is 0.148 e. The number of nitrogens with one attached hydrogen (secondary N) is 1. The SMILES string of the molecule is CC1CC(C)(C)CC1NC1CCN(CCS(C)(=O)=O)CC1. The molecule has 1 N–H and O–H groups in total. The molecule has 0 aromatic rings. The highest BCUT2D eigenvalue weighted by Gasteiger charge is 2.37. The minimum Gasteiger partial charge on any atom is -0.311 e. The Morgan fingerprint density at radius 2 is 1.81 bits per heavy atom. The third kappa shape index (κ3) is 5.53. The average molecular weight is 317 g/mol. The zero-order valence-corrected chi connectivity index (χ0v) is 14.9. The van der Waals surface area contributed by atoms with Crippen LogP contribution in [0.3, 0.4) is 0 Å². The first-order valence-electron chi connectivity index (χ1n) is 8.31. The minimum absolute atomic E-state index is 0.291. The quantitative estimate of drug-likeness (QED) is 0.842. The van der Waals surface area contributed by atoms with Gasteiger partial charge in [0.05, 0.1) is 5.75 Å². The number of rotatable bonds is 5. The summed E-state index contributed by atoms with van der Waals surface area (Å²) in [6.45, 7) is 9.86. The molecule has 124 valence electrons. The van der Waals surface area contributed by atoms with Crippen LogP contribution in [0, 0.1) is 11.3 Å². The second-order valence-corrected chi connectivity index (χ2v) is 10.3. The smallest absolute Gasteiger partial charge is 0.148 e. The summed E-state index contributed by atoms with van der Waals surface area (Å²) in [4.78, 5) is 2.29. The summed E-state index contributed by atoms with van der Waals surface area (Å²) in [5.41, 5.74) is 0.479. The summed E-state index contributed by atoms with van der Waals surface area (Å²) in [6, 6.07) is 1.27. The first kappa shape index (κ1) is 17.2. The molecule has 0 bridgehead atoms. The van der Waals surface area contributed by atoms with E-state index in [2.05, 4.69) is 31.0 Å². The molecule has 1 saturated carbocycles. The van der Waals surface area contributed by atoms with Gasteiger partial charge in [-0.3, -0.25) is 0 Å². The van der Waals surface area contributed by atoms with E-state index < -0.39 is 9.84 Å². The summed E-state index contributed by atoms with van der Waals surface area (Å²) < 4.78 is 22.5. The van der Waals surface area contributed by atoms with E-state index in [4.69, 9.17) is 0 Å².